The number of aliphatic carboxylic acids is 1. The highest BCUT2D eigenvalue weighted by molar-refractivity contribution is 5.68. The molecule has 50 heavy (non-hydrogen) atoms. The first-order chi connectivity index (χ1) is 24.0. The van der Waals surface area contributed by atoms with Crippen molar-refractivity contribution in [1.82, 2.24) is 0 Å². The van der Waals surface area contributed by atoms with Gasteiger partial charge in [-0.1, -0.05) is 38.3 Å². The molecule has 15 nitrogen and oxygen atoms in total. The summed E-state index contributed by atoms with van der Waals surface area (Å²) in [5.74, 6) is -0.500. The van der Waals surface area contributed by atoms with Crippen LogP contribution in [-0.4, -0.2) is 145 Å². The second-order valence-corrected chi connectivity index (χ2v) is 14.2. The number of carboxylic acid groups (broad SMARTS) is 1. The van der Waals surface area contributed by atoms with Crippen molar-refractivity contribution >= 4 is 5.97 Å². The fourth-order valence-corrected chi connectivity index (χ4v) is 8.21. The maximum absolute atomic E-state index is 11.2. The Morgan fingerprint density at radius 2 is 1.52 bits per heavy atom. The number of hydrogen-bond donors (Lipinski definition) is 9. The Bertz CT molecular complexity index is 1230. The van der Waals surface area contributed by atoms with E-state index >= 15 is 0 Å². The fourth-order valence-electron chi connectivity index (χ4n) is 8.21. The third-order valence-corrected chi connectivity index (χ3v) is 11.0. The van der Waals surface area contributed by atoms with Crippen molar-refractivity contribution in [1.29, 1.82) is 0 Å². The van der Waals surface area contributed by atoms with E-state index in [0.29, 0.717) is 44.3 Å². The van der Waals surface area contributed by atoms with Gasteiger partial charge in [0.25, 0.3) is 0 Å². The molecular formula is C35H54O15. The zero-order valence-electron chi connectivity index (χ0n) is 28.4. The SMILES string of the molecule is CCCCC[C@H](CC[C@H]1[C@@H]2Cc3cccc(OCC(=O)O)c3C[C@@H]2C[C@@H]1OC1O[C@H](CO)[C@@H](O)[C@H](O)[C@H]1O)OC1OC(CO)[C@@H](O)[C@H](O)[C@H]1O. The summed E-state index contributed by atoms with van der Waals surface area (Å²) < 4.78 is 29.7. The quantitative estimate of drug-likeness (QED) is 0.0955. The Kier molecular flexibility index (Phi) is 13.9. The molecule has 1 aromatic rings. The van der Waals surface area contributed by atoms with Gasteiger partial charge in [-0.2, -0.15) is 0 Å². The molecule has 3 unspecified atom stereocenters. The average Bonchev–Trinajstić information content (AvgIpc) is 3.44. The Balaban J connectivity index is 1.37. The molecule has 5 rings (SSSR count). The summed E-state index contributed by atoms with van der Waals surface area (Å²) in [6.07, 6.45) is -8.83. The third-order valence-electron chi connectivity index (χ3n) is 11.0. The Morgan fingerprint density at radius 1 is 0.860 bits per heavy atom. The van der Waals surface area contributed by atoms with Crippen molar-refractivity contribution in [2.45, 2.75) is 138 Å². The minimum Gasteiger partial charge on any atom is -0.482 e. The fraction of sp³-hybridized carbons (Fsp3) is 0.800. The van der Waals surface area contributed by atoms with Gasteiger partial charge in [-0.3, -0.25) is 0 Å². The van der Waals surface area contributed by atoms with Gasteiger partial charge in [0.15, 0.2) is 19.2 Å². The second kappa shape index (κ2) is 17.7. The van der Waals surface area contributed by atoms with Crippen LogP contribution in [0.15, 0.2) is 18.2 Å². The lowest BCUT2D eigenvalue weighted by atomic mass is 9.73. The highest BCUT2D eigenvalue weighted by atomic mass is 16.7. The van der Waals surface area contributed by atoms with Crippen LogP contribution in [0, 0.1) is 17.8 Å². The number of unbranched alkanes of at least 4 members (excludes halogenated alkanes) is 2. The molecule has 0 aromatic heterocycles. The molecule has 284 valence electrons. The van der Waals surface area contributed by atoms with Gasteiger partial charge in [0.2, 0.25) is 0 Å². The standard InChI is InChI=1S/C35H54O15/c1-2-3-4-7-19(47-34-32(44)30(42)28(40)25(14-36)49-34)9-10-20-21-11-17-6-5-8-23(46-16-27(38)39)22(17)12-18(21)13-24(20)48-35-33(45)31(43)29(41)26(15-37)50-35/h5-6,8,18-21,24-26,28-37,40-45H,2-4,7,9-16H2,1H3,(H,38,39)/t18-,19-,20+,21-,24+,25?,26-,28-,29-,30+,31+,32-,33-,34?,35?/m1/s1. The number of aliphatic hydroxyl groups excluding tert-OH is 8. The largest absolute Gasteiger partial charge is 0.482 e. The summed E-state index contributed by atoms with van der Waals surface area (Å²) in [4.78, 5) is 11.2. The zero-order valence-corrected chi connectivity index (χ0v) is 28.4. The van der Waals surface area contributed by atoms with Gasteiger partial charge in [0.1, 0.15) is 54.6 Å². The van der Waals surface area contributed by atoms with E-state index in [2.05, 4.69) is 6.92 Å². The molecule has 2 aliphatic carbocycles. The van der Waals surface area contributed by atoms with Gasteiger partial charge in [-0.15, -0.1) is 0 Å². The van der Waals surface area contributed by atoms with Crippen molar-refractivity contribution in [3.63, 3.8) is 0 Å². The smallest absolute Gasteiger partial charge is 0.341 e. The Labute approximate surface area is 291 Å². The first-order valence-corrected chi connectivity index (χ1v) is 17.8. The lowest BCUT2D eigenvalue weighted by molar-refractivity contribution is -0.315. The maximum atomic E-state index is 11.2. The minimum atomic E-state index is -1.60. The number of carboxylic acids is 1. The first-order valence-electron chi connectivity index (χ1n) is 17.8. The van der Waals surface area contributed by atoms with Crippen LogP contribution in [0.2, 0.25) is 0 Å². The van der Waals surface area contributed by atoms with E-state index in [-0.39, 0.29) is 17.8 Å². The van der Waals surface area contributed by atoms with Crippen LogP contribution in [0.1, 0.15) is 63.0 Å². The van der Waals surface area contributed by atoms with Crippen LogP contribution >= 0.6 is 0 Å². The predicted octanol–water partition coefficient (Wildman–Crippen LogP) is -0.768. The lowest BCUT2D eigenvalue weighted by Crippen LogP contribution is -2.60. The second-order valence-electron chi connectivity index (χ2n) is 14.2. The molecule has 0 radical (unpaired) electrons. The molecule has 0 amide bonds. The number of aliphatic hydroxyl groups is 8. The molecule has 0 bridgehead atoms. The van der Waals surface area contributed by atoms with Gasteiger partial charge in [-0.25, -0.2) is 4.79 Å². The van der Waals surface area contributed by atoms with E-state index in [1.54, 1.807) is 6.07 Å². The van der Waals surface area contributed by atoms with E-state index in [1.807, 2.05) is 12.1 Å². The van der Waals surface area contributed by atoms with Crippen molar-refractivity contribution in [3.05, 3.63) is 29.3 Å². The first kappa shape index (κ1) is 39.2. The number of ether oxygens (including phenoxy) is 5. The molecule has 15 heteroatoms. The van der Waals surface area contributed by atoms with Crippen LogP contribution in [0.4, 0.5) is 0 Å². The van der Waals surface area contributed by atoms with Crippen molar-refractivity contribution in [2.24, 2.45) is 17.8 Å². The van der Waals surface area contributed by atoms with Gasteiger partial charge < -0.3 is 69.6 Å². The summed E-state index contributed by atoms with van der Waals surface area (Å²) in [5.41, 5.74) is 1.97. The van der Waals surface area contributed by atoms with E-state index in [0.717, 1.165) is 30.4 Å². The molecular weight excluding hydrogens is 660 g/mol. The molecule has 4 aliphatic rings. The van der Waals surface area contributed by atoms with Crippen LogP contribution in [0.3, 0.4) is 0 Å². The topological polar surface area (TPSA) is 245 Å². The zero-order chi connectivity index (χ0) is 36.1. The van der Waals surface area contributed by atoms with Crippen LogP contribution in [0.5, 0.6) is 5.75 Å². The Morgan fingerprint density at radius 3 is 2.16 bits per heavy atom. The van der Waals surface area contributed by atoms with Crippen molar-refractivity contribution < 1.29 is 74.4 Å². The van der Waals surface area contributed by atoms with Gasteiger partial charge in [0.05, 0.1) is 25.4 Å². The molecule has 2 heterocycles. The summed E-state index contributed by atoms with van der Waals surface area (Å²) in [6.45, 7) is 0.446. The summed E-state index contributed by atoms with van der Waals surface area (Å²) >= 11 is 0. The molecule has 2 aliphatic heterocycles. The van der Waals surface area contributed by atoms with Gasteiger partial charge in [-0.05, 0) is 73.5 Å². The molecule has 15 atom stereocenters. The molecule has 0 spiro atoms. The monoisotopic (exact) mass is 714 g/mol. The maximum Gasteiger partial charge on any atom is 0.341 e. The van der Waals surface area contributed by atoms with Crippen LogP contribution in [-0.2, 0) is 36.6 Å². The average molecular weight is 715 g/mol. The highest BCUT2D eigenvalue weighted by Gasteiger charge is 2.51. The van der Waals surface area contributed by atoms with E-state index in [9.17, 15) is 50.8 Å². The third kappa shape index (κ3) is 8.78. The number of rotatable bonds is 16. The molecule has 2 saturated heterocycles. The van der Waals surface area contributed by atoms with E-state index in [1.165, 1.54) is 0 Å². The number of carbonyl (C=O) groups is 1. The van der Waals surface area contributed by atoms with E-state index < -0.39 is 99.4 Å². The van der Waals surface area contributed by atoms with Crippen molar-refractivity contribution in [2.75, 3.05) is 19.8 Å². The summed E-state index contributed by atoms with van der Waals surface area (Å²) in [7, 11) is 0. The summed E-state index contributed by atoms with van der Waals surface area (Å²) in [5, 5.41) is 91.5. The van der Waals surface area contributed by atoms with Gasteiger partial charge in [0, 0.05) is 0 Å². The number of benzene rings is 1. The van der Waals surface area contributed by atoms with Crippen LogP contribution < -0.4 is 4.74 Å². The highest BCUT2D eigenvalue weighted by Crippen LogP contribution is 2.50. The predicted molar refractivity (Wildman–Crippen MR) is 173 cm³/mol. The number of fused-ring (bicyclic) bond motifs is 2. The minimum absolute atomic E-state index is 0.0851. The normalized spacial score (nSPS) is 39.1. The Hall–Kier alpha value is -1.99. The summed E-state index contributed by atoms with van der Waals surface area (Å²) in [6, 6.07) is 5.59. The lowest BCUT2D eigenvalue weighted by Gasteiger charge is -2.42. The van der Waals surface area contributed by atoms with Crippen molar-refractivity contribution in [3.8, 4) is 5.75 Å². The number of hydrogen-bond acceptors (Lipinski definition) is 14. The van der Waals surface area contributed by atoms with E-state index in [4.69, 9.17) is 23.7 Å². The molecule has 3 fully saturated rings. The van der Waals surface area contributed by atoms with Gasteiger partial charge >= 0.3 is 5.97 Å². The van der Waals surface area contributed by atoms with Crippen LogP contribution in [0.25, 0.3) is 0 Å². The molecule has 1 aromatic carbocycles. The molecule has 1 saturated carbocycles. The molecule has 9 N–H and O–H groups in total.